The molecule has 1 aromatic heterocycles. The van der Waals surface area contributed by atoms with Crippen molar-refractivity contribution in [2.75, 3.05) is 0 Å². The van der Waals surface area contributed by atoms with E-state index in [4.69, 9.17) is 0 Å². The van der Waals surface area contributed by atoms with E-state index in [1.807, 2.05) is 18.3 Å². The predicted molar refractivity (Wildman–Crippen MR) is 97.4 cm³/mol. The van der Waals surface area contributed by atoms with E-state index in [1.165, 1.54) is 31.2 Å². The van der Waals surface area contributed by atoms with E-state index in [-0.39, 0.29) is 0 Å². The lowest BCUT2D eigenvalue weighted by Crippen LogP contribution is -2.13. The number of halogens is 1. The monoisotopic (exact) mass is 371 g/mol. The van der Waals surface area contributed by atoms with Crippen LogP contribution in [0.3, 0.4) is 0 Å². The zero-order valence-corrected chi connectivity index (χ0v) is 14.8. The maximum absolute atomic E-state index is 10.5. The predicted octanol–water partition coefficient (Wildman–Crippen LogP) is 5.76. The Morgan fingerprint density at radius 2 is 1.78 bits per heavy atom. The Kier molecular flexibility index (Phi) is 5.60. The average Bonchev–Trinajstić information content (AvgIpc) is 2.61. The van der Waals surface area contributed by atoms with Gasteiger partial charge in [-0.25, -0.2) is 0 Å². The molecule has 0 aliphatic heterocycles. The Hall–Kier alpha value is -1.48. The molecule has 3 heteroatoms. The first kappa shape index (κ1) is 16.4. The second kappa shape index (κ2) is 7.87. The molecule has 0 amide bonds. The van der Waals surface area contributed by atoms with Crippen LogP contribution in [-0.4, -0.2) is 11.3 Å². The third-order valence-corrected chi connectivity index (χ3v) is 5.47. The Morgan fingerprint density at radius 1 is 1.04 bits per heavy atom. The average molecular weight is 372 g/mol. The van der Waals surface area contributed by atoms with Crippen molar-refractivity contribution in [1.82, 2.24) is 4.98 Å². The highest BCUT2D eigenvalue weighted by molar-refractivity contribution is 9.10. The lowest BCUT2D eigenvalue weighted by molar-refractivity contribution is -0.108. The van der Waals surface area contributed by atoms with Gasteiger partial charge in [-0.1, -0.05) is 34.1 Å². The number of pyridine rings is 1. The van der Waals surface area contributed by atoms with Crippen molar-refractivity contribution in [3.05, 3.63) is 52.6 Å². The number of carbonyl (C=O) groups excluding carboxylic acids is 1. The van der Waals surface area contributed by atoms with Gasteiger partial charge in [0.25, 0.3) is 0 Å². The molecule has 2 nitrogen and oxygen atoms in total. The van der Waals surface area contributed by atoms with Gasteiger partial charge in [-0.3, -0.25) is 4.98 Å². The molecular formula is C20H22BrNO. The van der Waals surface area contributed by atoms with E-state index in [0.717, 1.165) is 40.8 Å². The molecule has 23 heavy (non-hydrogen) atoms. The molecule has 0 saturated heterocycles. The second-order valence-corrected chi connectivity index (χ2v) is 7.36. The summed E-state index contributed by atoms with van der Waals surface area (Å²) < 4.78 is 1.09. The van der Waals surface area contributed by atoms with Gasteiger partial charge in [-0.15, -0.1) is 0 Å². The molecular weight excluding hydrogens is 350 g/mol. The highest BCUT2D eigenvalue weighted by Crippen LogP contribution is 2.37. The zero-order chi connectivity index (χ0) is 16.1. The van der Waals surface area contributed by atoms with Crippen LogP contribution in [-0.2, 0) is 4.79 Å². The molecule has 0 atom stereocenters. The maximum atomic E-state index is 10.5. The van der Waals surface area contributed by atoms with Crippen LogP contribution < -0.4 is 0 Å². The number of carbonyl (C=O) groups is 1. The van der Waals surface area contributed by atoms with Crippen LogP contribution >= 0.6 is 15.9 Å². The molecule has 1 aromatic carbocycles. The summed E-state index contributed by atoms with van der Waals surface area (Å²) in [5, 5.41) is 0. The molecule has 2 aromatic rings. The lowest BCUT2D eigenvalue weighted by atomic mass is 9.77. The Bertz CT molecular complexity index is 628. The fourth-order valence-corrected chi connectivity index (χ4v) is 3.79. The van der Waals surface area contributed by atoms with Crippen LogP contribution in [0.25, 0.3) is 11.3 Å². The SMILES string of the molecule is O=CCC[C@H]1CC[C@H](c2ccc(-c3ccc(Br)cc3)nc2)CC1. The van der Waals surface area contributed by atoms with Crippen LogP contribution in [0.5, 0.6) is 0 Å². The van der Waals surface area contributed by atoms with Gasteiger partial charge >= 0.3 is 0 Å². The van der Waals surface area contributed by atoms with Crippen molar-refractivity contribution in [2.24, 2.45) is 5.92 Å². The van der Waals surface area contributed by atoms with Crippen LogP contribution in [0.4, 0.5) is 0 Å². The zero-order valence-electron chi connectivity index (χ0n) is 13.2. The number of nitrogens with zero attached hydrogens (tertiary/aromatic N) is 1. The Balaban J connectivity index is 1.62. The number of aromatic nitrogens is 1. The highest BCUT2D eigenvalue weighted by Gasteiger charge is 2.22. The van der Waals surface area contributed by atoms with E-state index in [9.17, 15) is 4.79 Å². The summed E-state index contributed by atoms with van der Waals surface area (Å²) in [7, 11) is 0. The summed E-state index contributed by atoms with van der Waals surface area (Å²) in [5.41, 5.74) is 3.54. The van der Waals surface area contributed by atoms with Crippen molar-refractivity contribution in [1.29, 1.82) is 0 Å². The minimum Gasteiger partial charge on any atom is -0.303 e. The van der Waals surface area contributed by atoms with Crippen molar-refractivity contribution < 1.29 is 4.79 Å². The third kappa shape index (κ3) is 4.29. The number of benzene rings is 1. The molecule has 0 N–H and O–H groups in total. The fourth-order valence-electron chi connectivity index (χ4n) is 3.53. The first-order valence-corrected chi connectivity index (χ1v) is 9.21. The van der Waals surface area contributed by atoms with Gasteiger partial charge in [-0.2, -0.15) is 0 Å². The minimum absolute atomic E-state index is 0.633. The molecule has 120 valence electrons. The van der Waals surface area contributed by atoms with Gasteiger partial charge in [0.05, 0.1) is 5.69 Å². The summed E-state index contributed by atoms with van der Waals surface area (Å²) >= 11 is 3.46. The molecule has 0 unspecified atom stereocenters. The molecule has 1 fully saturated rings. The first-order valence-electron chi connectivity index (χ1n) is 8.42. The normalized spacial score (nSPS) is 21.1. The quantitative estimate of drug-likeness (QED) is 0.624. The van der Waals surface area contributed by atoms with E-state index in [2.05, 4.69) is 45.2 Å². The maximum Gasteiger partial charge on any atom is 0.120 e. The Labute approximate surface area is 146 Å². The summed E-state index contributed by atoms with van der Waals surface area (Å²) in [5.74, 6) is 1.38. The first-order chi connectivity index (χ1) is 11.3. The second-order valence-electron chi connectivity index (χ2n) is 6.45. The van der Waals surface area contributed by atoms with Crippen molar-refractivity contribution >= 4 is 22.2 Å². The molecule has 1 aliphatic carbocycles. The van der Waals surface area contributed by atoms with E-state index in [1.54, 1.807) is 0 Å². The van der Waals surface area contributed by atoms with Crippen molar-refractivity contribution in [3.63, 3.8) is 0 Å². The highest BCUT2D eigenvalue weighted by atomic mass is 79.9. The minimum atomic E-state index is 0.633. The van der Waals surface area contributed by atoms with Crippen LogP contribution in [0, 0.1) is 5.92 Å². The molecule has 1 saturated carbocycles. The van der Waals surface area contributed by atoms with E-state index < -0.39 is 0 Å². The van der Waals surface area contributed by atoms with Gasteiger partial charge in [0.2, 0.25) is 0 Å². The fraction of sp³-hybridized carbons (Fsp3) is 0.400. The number of hydrogen-bond donors (Lipinski definition) is 0. The molecule has 0 radical (unpaired) electrons. The molecule has 1 heterocycles. The van der Waals surface area contributed by atoms with Crippen molar-refractivity contribution in [3.8, 4) is 11.3 Å². The molecule has 0 spiro atoms. The van der Waals surface area contributed by atoms with E-state index >= 15 is 0 Å². The van der Waals surface area contributed by atoms with Crippen molar-refractivity contribution in [2.45, 2.75) is 44.4 Å². The Morgan fingerprint density at radius 3 is 2.39 bits per heavy atom. The summed E-state index contributed by atoms with van der Waals surface area (Å²) in [6.07, 6.45) is 9.83. The van der Waals surface area contributed by atoms with Gasteiger partial charge in [0.1, 0.15) is 6.29 Å². The standard InChI is InChI=1S/C20H22BrNO/c21-19-10-7-17(8-11-19)20-12-9-18(14-22-20)16-5-3-15(4-6-16)2-1-13-23/h7-16H,1-6H2/t15-,16-. The van der Waals surface area contributed by atoms with Crippen LogP contribution in [0.15, 0.2) is 47.1 Å². The van der Waals surface area contributed by atoms with Crippen LogP contribution in [0.2, 0.25) is 0 Å². The molecule has 1 aliphatic rings. The number of hydrogen-bond acceptors (Lipinski definition) is 2. The number of rotatable bonds is 5. The lowest BCUT2D eigenvalue weighted by Gasteiger charge is -2.28. The van der Waals surface area contributed by atoms with Gasteiger partial charge in [-0.05, 0) is 67.7 Å². The van der Waals surface area contributed by atoms with Gasteiger partial charge in [0, 0.05) is 22.7 Å². The van der Waals surface area contributed by atoms with Gasteiger partial charge in [0.15, 0.2) is 0 Å². The van der Waals surface area contributed by atoms with E-state index in [0.29, 0.717) is 5.92 Å². The van der Waals surface area contributed by atoms with Crippen LogP contribution in [0.1, 0.15) is 50.0 Å². The summed E-state index contributed by atoms with van der Waals surface area (Å²) in [6.45, 7) is 0. The smallest absolute Gasteiger partial charge is 0.120 e. The molecule has 0 bridgehead atoms. The largest absolute Gasteiger partial charge is 0.303 e. The summed E-state index contributed by atoms with van der Waals surface area (Å²) in [4.78, 5) is 15.2. The van der Waals surface area contributed by atoms with Gasteiger partial charge < -0.3 is 4.79 Å². The summed E-state index contributed by atoms with van der Waals surface area (Å²) in [6, 6.07) is 12.6. The third-order valence-electron chi connectivity index (χ3n) is 4.94. The topological polar surface area (TPSA) is 30.0 Å². The number of aldehydes is 1. The molecule has 3 rings (SSSR count).